The van der Waals surface area contributed by atoms with Gasteiger partial charge in [0.1, 0.15) is 12.4 Å². The highest BCUT2D eigenvalue weighted by Gasteiger charge is 2.26. The summed E-state index contributed by atoms with van der Waals surface area (Å²) in [4.78, 5) is 23.2. The molecule has 0 aliphatic carbocycles. The molecule has 2 aromatic rings. The van der Waals surface area contributed by atoms with Crippen LogP contribution in [-0.2, 0) is 16.1 Å². The van der Waals surface area contributed by atoms with Crippen molar-refractivity contribution in [1.29, 1.82) is 0 Å². The van der Waals surface area contributed by atoms with Crippen molar-refractivity contribution < 1.29 is 14.3 Å². The molecule has 0 unspecified atom stereocenters. The lowest BCUT2D eigenvalue weighted by molar-refractivity contribution is -0.109. The maximum absolute atomic E-state index is 12.5. The van der Waals surface area contributed by atoms with Crippen molar-refractivity contribution in [3.05, 3.63) is 60.4 Å². The molecule has 2 atom stereocenters. The molecule has 4 heteroatoms. The summed E-state index contributed by atoms with van der Waals surface area (Å²) in [5, 5.41) is 0. The summed E-state index contributed by atoms with van der Waals surface area (Å²) in [5.74, 6) is -0.314. The third-order valence-electron chi connectivity index (χ3n) is 3.36. The van der Waals surface area contributed by atoms with E-state index < -0.39 is 6.10 Å². The molecule has 2 rings (SSSR count). The van der Waals surface area contributed by atoms with Crippen molar-refractivity contribution in [1.82, 2.24) is 4.57 Å². The molecule has 0 saturated carbocycles. The Morgan fingerprint density at radius 2 is 1.86 bits per heavy atom. The summed E-state index contributed by atoms with van der Waals surface area (Å²) < 4.78 is 7.30. The topological polar surface area (TPSA) is 48.3 Å². The number of hydrogen-bond donors (Lipinski definition) is 0. The average Bonchev–Trinajstić information content (AvgIpc) is 3.03. The molecule has 0 N–H and O–H groups in total. The van der Waals surface area contributed by atoms with Gasteiger partial charge in [-0.05, 0) is 23.6 Å². The number of ether oxygens (including phenoxy) is 1. The number of aromatic nitrogens is 1. The maximum Gasteiger partial charge on any atom is 0.259 e. The minimum Gasteiger partial charge on any atom is -0.363 e. The van der Waals surface area contributed by atoms with Gasteiger partial charge in [-0.25, -0.2) is 0 Å². The monoisotopic (exact) mass is 285 g/mol. The SMILES string of the molecule is C[C@@H](CC=O)[C@H](OCc1ccccc1)C(=O)n1cccc1. The van der Waals surface area contributed by atoms with Gasteiger partial charge in [-0.15, -0.1) is 0 Å². The molecule has 1 aromatic heterocycles. The van der Waals surface area contributed by atoms with Crippen LogP contribution in [0.25, 0.3) is 0 Å². The van der Waals surface area contributed by atoms with Crippen LogP contribution in [0.5, 0.6) is 0 Å². The first-order valence-corrected chi connectivity index (χ1v) is 6.98. The lowest BCUT2D eigenvalue weighted by atomic mass is 10.0. The molecule has 0 saturated heterocycles. The molecular formula is C17H19NO3. The van der Waals surface area contributed by atoms with Crippen LogP contribution in [0.2, 0.25) is 0 Å². The summed E-state index contributed by atoms with van der Waals surface area (Å²) in [6.45, 7) is 2.20. The Labute approximate surface area is 124 Å². The Kier molecular flexibility index (Phi) is 5.46. The van der Waals surface area contributed by atoms with Gasteiger partial charge >= 0.3 is 0 Å². The van der Waals surface area contributed by atoms with Gasteiger partial charge in [0.05, 0.1) is 6.61 Å². The van der Waals surface area contributed by atoms with E-state index in [1.54, 1.807) is 24.5 Å². The normalized spacial score (nSPS) is 13.6. The third kappa shape index (κ3) is 4.13. The van der Waals surface area contributed by atoms with Gasteiger partial charge < -0.3 is 9.53 Å². The summed E-state index contributed by atoms with van der Waals surface area (Å²) in [7, 11) is 0. The van der Waals surface area contributed by atoms with Crippen LogP contribution in [0.4, 0.5) is 0 Å². The predicted molar refractivity (Wildman–Crippen MR) is 79.9 cm³/mol. The maximum atomic E-state index is 12.5. The van der Waals surface area contributed by atoms with Gasteiger partial charge in [-0.1, -0.05) is 37.3 Å². The van der Waals surface area contributed by atoms with Crippen LogP contribution in [0.15, 0.2) is 54.9 Å². The molecule has 4 nitrogen and oxygen atoms in total. The van der Waals surface area contributed by atoms with E-state index in [2.05, 4.69) is 0 Å². The van der Waals surface area contributed by atoms with E-state index in [0.29, 0.717) is 13.0 Å². The number of carbonyl (C=O) groups excluding carboxylic acids is 2. The Bertz CT molecular complexity index is 563. The standard InChI is InChI=1S/C17H19NO3/c1-14(9-12-19)16(17(20)18-10-5-6-11-18)21-13-15-7-3-2-4-8-15/h2-8,10-12,14,16H,9,13H2,1H3/t14-,16-/m0/s1. The van der Waals surface area contributed by atoms with Crippen LogP contribution in [0.3, 0.4) is 0 Å². The zero-order valence-electron chi connectivity index (χ0n) is 12.0. The van der Waals surface area contributed by atoms with E-state index >= 15 is 0 Å². The smallest absolute Gasteiger partial charge is 0.259 e. The first-order valence-electron chi connectivity index (χ1n) is 6.98. The van der Waals surface area contributed by atoms with Crippen molar-refractivity contribution >= 4 is 12.2 Å². The highest BCUT2D eigenvalue weighted by Crippen LogP contribution is 2.16. The molecule has 1 heterocycles. The number of rotatable bonds is 7. The van der Waals surface area contributed by atoms with E-state index in [9.17, 15) is 9.59 Å². The van der Waals surface area contributed by atoms with Crippen molar-refractivity contribution in [2.75, 3.05) is 0 Å². The fourth-order valence-corrected chi connectivity index (χ4v) is 2.14. The largest absolute Gasteiger partial charge is 0.363 e. The lowest BCUT2D eigenvalue weighted by Crippen LogP contribution is -2.34. The van der Waals surface area contributed by atoms with Gasteiger partial charge in [0.15, 0.2) is 0 Å². The Morgan fingerprint density at radius 3 is 2.48 bits per heavy atom. The zero-order valence-corrected chi connectivity index (χ0v) is 12.0. The molecule has 0 spiro atoms. The predicted octanol–water partition coefficient (Wildman–Crippen LogP) is 2.94. The summed E-state index contributed by atoms with van der Waals surface area (Å²) in [5.41, 5.74) is 1.00. The second-order valence-corrected chi connectivity index (χ2v) is 5.03. The van der Waals surface area contributed by atoms with Crippen molar-refractivity contribution in [2.45, 2.75) is 26.1 Å². The number of benzene rings is 1. The Hall–Kier alpha value is -2.20. The lowest BCUT2D eigenvalue weighted by Gasteiger charge is -2.22. The van der Waals surface area contributed by atoms with E-state index in [-0.39, 0.29) is 11.8 Å². The quantitative estimate of drug-likeness (QED) is 0.735. The molecule has 0 fully saturated rings. The minimum absolute atomic E-state index is 0.148. The number of aldehydes is 1. The average molecular weight is 285 g/mol. The van der Waals surface area contributed by atoms with Gasteiger partial charge in [-0.2, -0.15) is 0 Å². The molecule has 0 aliphatic heterocycles. The van der Waals surface area contributed by atoms with Crippen molar-refractivity contribution in [3.63, 3.8) is 0 Å². The highest BCUT2D eigenvalue weighted by atomic mass is 16.5. The second kappa shape index (κ2) is 7.55. The van der Waals surface area contributed by atoms with Crippen LogP contribution < -0.4 is 0 Å². The Balaban J connectivity index is 2.08. The molecule has 0 aliphatic rings. The first-order chi connectivity index (χ1) is 10.2. The molecule has 0 amide bonds. The number of nitrogens with zero attached hydrogens (tertiary/aromatic N) is 1. The van der Waals surface area contributed by atoms with E-state index in [4.69, 9.17) is 4.74 Å². The van der Waals surface area contributed by atoms with Crippen LogP contribution in [0.1, 0.15) is 23.7 Å². The summed E-state index contributed by atoms with van der Waals surface area (Å²) >= 11 is 0. The molecule has 0 radical (unpaired) electrons. The summed E-state index contributed by atoms with van der Waals surface area (Å²) in [6.07, 6.45) is 3.87. The van der Waals surface area contributed by atoms with Crippen molar-refractivity contribution in [2.24, 2.45) is 5.92 Å². The molecule has 110 valence electrons. The number of hydrogen-bond acceptors (Lipinski definition) is 3. The van der Waals surface area contributed by atoms with Gasteiger partial charge in [-0.3, -0.25) is 9.36 Å². The fourth-order valence-electron chi connectivity index (χ4n) is 2.14. The minimum atomic E-state index is -0.636. The second-order valence-electron chi connectivity index (χ2n) is 5.03. The van der Waals surface area contributed by atoms with Crippen molar-refractivity contribution in [3.8, 4) is 0 Å². The molecular weight excluding hydrogens is 266 g/mol. The summed E-state index contributed by atoms with van der Waals surface area (Å²) in [6, 6.07) is 13.3. The van der Waals surface area contributed by atoms with Crippen LogP contribution >= 0.6 is 0 Å². The Morgan fingerprint density at radius 1 is 1.19 bits per heavy atom. The number of carbonyl (C=O) groups is 2. The third-order valence-corrected chi connectivity index (χ3v) is 3.36. The highest BCUT2D eigenvalue weighted by molar-refractivity contribution is 5.84. The van der Waals surface area contributed by atoms with Crippen LogP contribution in [0, 0.1) is 5.92 Å². The fraction of sp³-hybridized carbons (Fsp3) is 0.294. The van der Waals surface area contributed by atoms with Gasteiger partial charge in [0.2, 0.25) is 0 Å². The van der Waals surface area contributed by atoms with E-state index in [1.165, 1.54) is 4.57 Å². The zero-order chi connectivity index (χ0) is 15.1. The van der Waals surface area contributed by atoms with E-state index in [0.717, 1.165) is 11.8 Å². The van der Waals surface area contributed by atoms with Crippen LogP contribution in [-0.4, -0.2) is 22.9 Å². The molecule has 1 aromatic carbocycles. The molecule has 21 heavy (non-hydrogen) atoms. The van der Waals surface area contributed by atoms with Gasteiger partial charge in [0.25, 0.3) is 5.91 Å². The first kappa shape index (κ1) is 15.2. The van der Waals surface area contributed by atoms with E-state index in [1.807, 2.05) is 37.3 Å². The van der Waals surface area contributed by atoms with Gasteiger partial charge in [0, 0.05) is 18.8 Å². The molecule has 0 bridgehead atoms.